The van der Waals surface area contributed by atoms with Crippen molar-refractivity contribution in [2.75, 3.05) is 33.9 Å². The summed E-state index contributed by atoms with van der Waals surface area (Å²) in [6.45, 7) is 7.57. The lowest BCUT2D eigenvalue weighted by Crippen LogP contribution is -2.50. The van der Waals surface area contributed by atoms with Gasteiger partial charge in [-0.3, -0.25) is 4.90 Å². The van der Waals surface area contributed by atoms with Crippen LogP contribution in [0.2, 0.25) is 0 Å². The van der Waals surface area contributed by atoms with Crippen molar-refractivity contribution in [1.82, 2.24) is 10.2 Å². The van der Waals surface area contributed by atoms with Crippen LogP contribution in [0.25, 0.3) is 0 Å². The zero-order valence-corrected chi connectivity index (χ0v) is 14.5. The highest BCUT2D eigenvalue weighted by Crippen LogP contribution is 2.34. The predicted molar refractivity (Wildman–Crippen MR) is 88.1 cm³/mol. The Bertz CT molecular complexity index is 554. The third-order valence-electron chi connectivity index (χ3n) is 3.67. The van der Waals surface area contributed by atoms with Gasteiger partial charge in [0.25, 0.3) is 0 Å². The summed E-state index contributed by atoms with van der Waals surface area (Å²) in [7, 11) is 3.25. The van der Waals surface area contributed by atoms with Gasteiger partial charge in [0, 0.05) is 25.2 Å². The standard InChI is InChI=1S/C17H26N2O4/c1-17(2,3)23-16(20)19-9-8-18-11-14(19)13-10-12(21-4)6-7-15(13)22-5/h6-7,10,14,18H,8-9,11H2,1-5H3/t14-/m0/s1. The van der Waals surface area contributed by atoms with E-state index in [1.165, 1.54) is 0 Å². The van der Waals surface area contributed by atoms with Gasteiger partial charge in [0.15, 0.2) is 0 Å². The van der Waals surface area contributed by atoms with Crippen molar-refractivity contribution in [2.24, 2.45) is 0 Å². The van der Waals surface area contributed by atoms with E-state index in [-0.39, 0.29) is 12.1 Å². The molecule has 1 atom stereocenters. The molecule has 0 radical (unpaired) electrons. The number of nitrogens with one attached hydrogen (secondary N) is 1. The lowest BCUT2D eigenvalue weighted by atomic mass is 10.0. The molecule has 0 spiro atoms. The van der Waals surface area contributed by atoms with E-state index in [1.54, 1.807) is 19.1 Å². The van der Waals surface area contributed by atoms with Crippen molar-refractivity contribution in [2.45, 2.75) is 32.4 Å². The second kappa shape index (κ2) is 7.08. The molecule has 6 nitrogen and oxygen atoms in total. The molecule has 1 aliphatic heterocycles. The lowest BCUT2D eigenvalue weighted by Gasteiger charge is -2.37. The van der Waals surface area contributed by atoms with Gasteiger partial charge in [-0.25, -0.2) is 4.79 Å². The average Bonchev–Trinajstić information content (AvgIpc) is 2.52. The number of ether oxygens (including phenoxy) is 3. The summed E-state index contributed by atoms with van der Waals surface area (Å²) in [5.74, 6) is 1.46. The first kappa shape index (κ1) is 17.4. The molecular formula is C17H26N2O4. The number of carbonyl (C=O) groups is 1. The summed E-state index contributed by atoms with van der Waals surface area (Å²) in [5, 5.41) is 3.32. The normalized spacial score (nSPS) is 18.5. The molecule has 1 heterocycles. The van der Waals surface area contributed by atoms with Crippen molar-refractivity contribution >= 4 is 6.09 Å². The molecule has 2 rings (SSSR count). The van der Waals surface area contributed by atoms with Crippen LogP contribution in [-0.2, 0) is 4.74 Å². The van der Waals surface area contributed by atoms with Gasteiger partial charge < -0.3 is 19.5 Å². The van der Waals surface area contributed by atoms with Crippen LogP contribution in [-0.4, -0.2) is 50.4 Å². The quantitative estimate of drug-likeness (QED) is 0.927. The Morgan fingerprint density at radius 3 is 2.61 bits per heavy atom. The molecule has 0 saturated carbocycles. The minimum absolute atomic E-state index is 0.163. The Hall–Kier alpha value is -1.95. The Morgan fingerprint density at radius 1 is 1.26 bits per heavy atom. The fraction of sp³-hybridized carbons (Fsp3) is 0.588. The van der Waals surface area contributed by atoms with E-state index in [0.29, 0.717) is 13.1 Å². The highest BCUT2D eigenvalue weighted by Gasteiger charge is 2.33. The largest absolute Gasteiger partial charge is 0.497 e. The third kappa shape index (κ3) is 4.28. The van der Waals surface area contributed by atoms with Crippen LogP contribution in [0.1, 0.15) is 32.4 Å². The summed E-state index contributed by atoms with van der Waals surface area (Å²) in [4.78, 5) is 14.3. The van der Waals surface area contributed by atoms with E-state index in [0.717, 1.165) is 23.6 Å². The first-order valence-corrected chi connectivity index (χ1v) is 7.78. The molecule has 128 valence electrons. The van der Waals surface area contributed by atoms with Gasteiger partial charge in [0.1, 0.15) is 17.1 Å². The van der Waals surface area contributed by atoms with Crippen LogP contribution in [0, 0.1) is 0 Å². The molecule has 23 heavy (non-hydrogen) atoms. The number of rotatable bonds is 3. The van der Waals surface area contributed by atoms with Gasteiger partial charge in [-0.1, -0.05) is 0 Å². The van der Waals surface area contributed by atoms with Crippen molar-refractivity contribution in [3.63, 3.8) is 0 Å². The number of nitrogens with zero attached hydrogens (tertiary/aromatic N) is 1. The third-order valence-corrected chi connectivity index (χ3v) is 3.67. The molecular weight excluding hydrogens is 296 g/mol. The first-order chi connectivity index (χ1) is 10.9. The second-order valence-corrected chi connectivity index (χ2v) is 6.50. The van der Waals surface area contributed by atoms with Gasteiger partial charge in [-0.15, -0.1) is 0 Å². The SMILES string of the molecule is COc1ccc(OC)c([C@@H]2CNCCN2C(=O)OC(C)(C)C)c1. The maximum Gasteiger partial charge on any atom is 0.410 e. The van der Waals surface area contributed by atoms with Crippen molar-refractivity contribution in [3.8, 4) is 11.5 Å². The number of hydrogen-bond donors (Lipinski definition) is 1. The molecule has 0 aliphatic carbocycles. The maximum atomic E-state index is 12.6. The molecule has 6 heteroatoms. The highest BCUT2D eigenvalue weighted by molar-refractivity contribution is 5.69. The zero-order chi connectivity index (χ0) is 17.0. The van der Waals surface area contributed by atoms with Crippen LogP contribution in [0.15, 0.2) is 18.2 Å². The molecule has 1 aromatic rings. The molecule has 0 aromatic heterocycles. The predicted octanol–water partition coefficient (Wildman–Crippen LogP) is 2.59. The molecule has 1 saturated heterocycles. The topological polar surface area (TPSA) is 60.0 Å². The Labute approximate surface area is 137 Å². The molecule has 0 bridgehead atoms. The van der Waals surface area contributed by atoms with E-state index in [9.17, 15) is 4.79 Å². The fourth-order valence-corrected chi connectivity index (χ4v) is 2.62. The Kier molecular flexibility index (Phi) is 5.36. The lowest BCUT2D eigenvalue weighted by molar-refractivity contribution is 0.0115. The monoisotopic (exact) mass is 322 g/mol. The molecule has 1 aromatic carbocycles. The van der Waals surface area contributed by atoms with Crippen LogP contribution in [0.3, 0.4) is 0 Å². The minimum atomic E-state index is -0.523. The van der Waals surface area contributed by atoms with Gasteiger partial charge in [0.2, 0.25) is 0 Å². The van der Waals surface area contributed by atoms with E-state index >= 15 is 0 Å². The fourth-order valence-electron chi connectivity index (χ4n) is 2.62. The molecule has 1 N–H and O–H groups in total. The van der Waals surface area contributed by atoms with E-state index in [2.05, 4.69) is 5.32 Å². The summed E-state index contributed by atoms with van der Waals surface area (Å²) in [5.41, 5.74) is 0.384. The molecule has 1 aliphatic rings. The number of hydrogen-bond acceptors (Lipinski definition) is 5. The number of benzene rings is 1. The Balaban J connectivity index is 2.32. The maximum absolute atomic E-state index is 12.6. The summed E-state index contributed by atoms with van der Waals surface area (Å²) < 4.78 is 16.3. The van der Waals surface area contributed by atoms with E-state index < -0.39 is 5.60 Å². The van der Waals surface area contributed by atoms with E-state index in [4.69, 9.17) is 14.2 Å². The van der Waals surface area contributed by atoms with Crippen molar-refractivity contribution in [1.29, 1.82) is 0 Å². The smallest absolute Gasteiger partial charge is 0.410 e. The van der Waals surface area contributed by atoms with Crippen LogP contribution in [0.5, 0.6) is 11.5 Å². The number of methoxy groups -OCH3 is 2. The highest BCUT2D eigenvalue weighted by atomic mass is 16.6. The molecule has 0 unspecified atom stereocenters. The number of amides is 1. The van der Waals surface area contributed by atoms with Crippen LogP contribution < -0.4 is 14.8 Å². The molecule has 1 amide bonds. The second-order valence-electron chi connectivity index (χ2n) is 6.50. The average molecular weight is 322 g/mol. The number of piperazine rings is 1. The van der Waals surface area contributed by atoms with Crippen LogP contribution >= 0.6 is 0 Å². The van der Waals surface area contributed by atoms with E-state index in [1.807, 2.05) is 39.0 Å². The zero-order valence-electron chi connectivity index (χ0n) is 14.5. The van der Waals surface area contributed by atoms with Crippen molar-refractivity contribution < 1.29 is 19.0 Å². The van der Waals surface area contributed by atoms with Gasteiger partial charge >= 0.3 is 6.09 Å². The minimum Gasteiger partial charge on any atom is -0.497 e. The number of carbonyl (C=O) groups excluding carboxylic acids is 1. The van der Waals surface area contributed by atoms with Crippen LogP contribution in [0.4, 0.5) is 4.79 Å². The Morgan fingerprint density at radius 2 is 2.00 bits per heavy atom. The molecule has 1 fully saturated rings. The summed E-state index contributed by atoms with van der Waals surface area (Å²) in [6, 6.07) is 5.45. The van der Waals surface area contributed by atoms with Gasteiger partial charge in [-0.2, -0.15) is 0 Å². The first-order valence-electron chi connectivity index (χ1n) is 7.78. The van der Waals surface area contributed by atoms with Crippen molar-refractivity contribution in [3.05, 3.63) is 23.8 Å². The summed E-state index contributed by atoms with van der Waals surface area (Å²) in [6.07, 6.45) is -0.311. The van der Waals surface area contributed by atoms with Gasteiger partial charge in [0.05, 0.1) is 20.3 Å². The summed E-state index contributed by atoms with van der Waals surface area (Å²) >= 11 is 0. The van der Waals surface area contributed by atoms with Gasteiger partial charge in [-0.05, 0) is 39.0 Å².